The molecule has 0 bridgehead atoms. The average Bonchev–Trinajstić information content (AvgIpc) is 2.89. The molecule has 5 nitrogen and oxygen atoms in total. The number of nitrogens with zero attached hydrogens (tertiary/aromatic N) is 3. The third-order valence-electron chi connectivity index (χ3n) is 3.16. The van der Waals surface area contributed by atoms with Gasteiger partial charge in [0.1, 0.15) is 17.3 Å². The minimum atomic E-state index is 0.110. The summed E-state index contributed by atoms with van der Waals surface area (Å²) in [7, 11) is 1.56. The quantitative estimate of drug-likeness (QED) is 0.801. The second-order valence-electron chi connectivity index (χ2n) is 4.61. The molecule has 0 atom stereocenters. The van der Waals surface area contributed by atoms with Crippen molar-refractivity contribution in [1.82, 2.24) is 14.8 Å². The van der Waals surface area contributed by atoms with Gasteiger partial charge >= 0.3 is 0 Å². The second kappa shape index (κ2) is 5.28. The number of hydrogen-bond donors (Lipinski definition) is 1. The van der Waals surface area contributed by atoms with E-state index < -0.39 is 0 Å². The molecule has 1 aromatic heterocycles. The molecule has 0 aliphatic carbocycles. The number of para-hydroxylation sites is 1. The first-order valence-electron chi connectivity index (χ1n) is 6.55. The molecule has 21 heavy (non-hydrogen) atoms. The molecule has 1 N–H and O–H groups in total. The van der Waals surface area contributed by atoms with E-state index in [4.69, 9.17) is 4.74 Å². The fraction of sp³-hybridized carbons (Fsp3) is 0.125. The fourth-order valence-electron chi connectivity index (χ4n) is 2.17. The molecule has 3 aromatic rings. The molecular formula is C16H15N3O2. The molecule has 3 rings (SSSR count). The molecule has 5 heteroatoms. The highest BCUT2D eigenvalue weighted by atomic mass is 16.5. The summed E-state index contributed by atoms with van der Waals surface area (Å²) in [6.07, 6.45) is 0. The Hall–Kier alpha value is -2.82. The Kier molecular flexibility index (Phi) is 3.31. The summed E-state index contributed by atoms with van der Waals surface area (Å²) < 4.78 is 6.82. The summed E-state index contributed by atoms with van der Waals surface area (Å²) in [5, 5.41) is 14.6. The van der Waals surface area contributed by atoms with Crippen LogP contribution in [0.1, 0.15) is 5.82 Å². The molecule has 0 spiro atoms. The van der Waals surface area contributed by atoms with Gasteiger partial charge in [-0.25, -0.2) is 9.67 Å². The number of aromatic nitrogens is 3. The largest absolute Gasteiger partial charge is 0.507 e. The lowest BCUT2D eigenvalue weighted by Gasteiger charge is -2.08. The van der Waals surface area contributed by atoms with Gasteiger partial charge in [0.25, 0.3) is 0 Å². The van der Waals surface area contributed by atoms with Gasteiger partial charge in [0.05, 0.1) is 18.4 Å². The number of aryl methyl sites for hydroxylation is 1. The average molecular weight is 281 g/mol. The first-order valence-corrected chi connectivity index (χ1v) is 6.55. The number of aromatic hydroxyl groups is 1. The summed E-state index contributed by atoms with van der Waals surface area (Å²) in [5.74, 6) is 1.95. The molecule has 0 unspecified atom stereocenters. The summed E-state index contributed by atoms with van der Waals surface area (Å²) in [6, 6.07) is 14.8. The van der Waals surface area contributed by atoms with Gasteiger partial charge in [-0.3, -0.25) is 0 Å². The molecule has 0 saturated heterocycles. The van der Waals surface area contributed by atoms with E-state index in [0.29, 0.717) is 23.0 Å². The highest BCUT2D eigenvalue weighted by Crippen LogP contribution is 2.32. The van der Waals surface area contributed by atoms with Crippen molar-refractivity contribution in [3.05, 3.63) is 54.4 Å². The predicted octanol–water partition coefficient (Wildman–Crippen LogP) is 2.96. The third-order valence-corrected chi connectivity index (χ3v) is 3.16. The van der Waals surface area contributed by atoms with Crippen LogP contribution in [0.25, 0.3) is 17.1 Å². The van der Waals surface area contributed by atoms with Crippen molar-refractivity contribution in [3.63, 3.8) is 0 Å². The van der Waals surface area contributed by atoms with Crippen LogP contribution in [0.5, 0.6) is 11.5 Å². The summed E-state index contributed by atoms with van der Waals surface area (Å²) >= 11 is 0. The monoisotopic (exact) mass is 281 g/mol. The molecule has 0 radical (unpaired) electrons. The van der Waals surface area contributed by atoms with Crippen molar-refractivity contribution < 1.29 is 9.84 Å². The highest BCUT2D eigenvalue weighted by molar-refractivity contribution is 5.67. The Balaban J connectivity index is 2.16. The molecule has 1 heterocycles. The van der Waals surface area contributed by atoms with Gasteiger partial charge in [-0.2, -0.15) is 5.10 Å². The first kappa shape index (κ1) is 13.2. The maximum absolute atomic E-state index is 10.2. The maximum atomic E-state index is 10.2. The predicted molar refractivity (Wildman–Crippen MR) is 79.7 cm³/mol. The van der Waals surface area contributed by atoms with Crippen LogP contribution in [0.3, 0.4) is 0 Å². The van der Waals surface area contributed by atoms with E-state index >= 15 is 0 Å². The van der Waals surface area contributed by atoms with Gasteiger partial charge in [-0.15, -0.1) is 0 Å². The van der Waals surface area contributed by atoms with Crippen LogP contribution in [0.2, 0.25) is 0 Å². The number of rotatable bonds is 3. The molecule has 2 aromatic carbocycles. The number of benzene rings is 2. The Morgan fingerprint density at radius 1 is 1.10 bits per heavy atom. The normalized spacial score (nSPS) is 10.6. The lowest BCUT2D eigenvalue weighted by atomic mass is 10.1. The molecule has 0 fully saturated rings. The van der Waals surface area contributed by atoms with Crippen molar-refractivity contribution in [3.8, 4) is 28.6 Å². The van der Waals surface area contributed by atoms with Crippen LogP contribution in [-0.2, 0) is 0 Å². The van der Waals surface area contributed by atoms with Crippen LogP contribution < -0.4 is 4.74 Å². The standard InChI is InChI=1S/C16H15N3O2/c1-11-17-16(14-9-8-13(21-2)10-15(14)20)19(18-11)12-6-4-3-5-7-12/h3-10,20H,1-2H3. The SMILES string of the molecule is COc1ccc(-c2nc(C)nn2-c2ccccc2)c(O)c1. The molecule has 0 aliphatic heterocycles. The first-order chi connectivity index (χ1) is 10.2. The number of hydrogen-bond acceptors (Lipinski definition) is 4. The Morgan fingerprint density at radius 3 is 2.52 bits per heavy atom. The van der Waals surface area contributed by atoms with Crippen molar-refractivity contribution in [1.29, 1.82) is 0 Å². The van der Waals surface area contributed by atoms with E-state index in [1.54, 1.807) is 30.0 Å². The van der Waals surface area contributed by atoms with Gasteiger partial charge in [0, 0.05) is 6.07 Å². The van der Waals surface area contributed by atoms with Crippen molar-refractivity contribution >= 4 is 0 Å². The smallest absolute Gasteiger partial charge is 0.167 e. The molecule has 0 saturated carbocycles. The van der Waals surface area contributed by atoms with Crippen LogP contribution in [0, 0.1) is 6.92 Å². The minimum Gasteiger partial charge on any atom is -0.507 e. The summed E-state index contributed by atoms with van der Waals surface area (Å²) in [6.45, 7) is 1.82. The van der Waals surface area contributed by atoms with Crippen molar-refractivity contribution in [2.45, 2.75) is 6.92 Å². The molecule has 0 amide bonds. The van der Waals surface area contributed by atoms with Gasteiger partial charge in [-0.1, -0.05) is 18.2 Å². The van der Waals surface area contributed by atoms with Crippen LogP contribution in [0.4, 0.5) is 0 Å². The van der Waals surface area contributed by atoms with Crippen molar-refractivity contribution in [2.75, 3.05) is 7.11 Å². The van der Waals surface area contributed by atoms with E-state index in [2.05, 4.69) is 10.1 Å². The van der Waals surface area contributed by atoms with Gasteiger partial charge < -0.3 is 9.84 Å². The number of phenols is 1. The van der Waals surface area contributed by atoms with Gasteiger partial charge in [0.15, 0.2) is 5.82 Å². The van der Waals surface area contributed by atoms with E-state index in [1.165, 1.54) is 0 Å². The molecule has 0 aliphatic rings. The second-order valence-corrected chi connectivity index (χ2v) is 4.61. The van der Waals surface area contributed by atoms with Gasteiger partial charge in [-0.05, 0) is 31.2 Å². The van der Waals surface area contributed by atoms with E-state index in [0.717, 1.165) is 5.69 Å². The van der Waals surface area contributed by atoms with Crippen LogP contribution in [0.15, 0.2) is 48.5 Å². The third kappa shape index (κ3) is 2.45. The summed E-state index contributed by atoms with van der Waals surface area (Å²) in [4.78, 5) is 4.42. The zero-order chi connectivity index (χ0) is 14.8. The lowest BCUT2D eigenvalue weighted by molar-refractivity contribution is 0.408. The van der Waals surface area contributed by atoms with Crippen LogP contribution in [-0.4, -0.2) is 27.0 Å². The Morgan fingerprint density at radius 2 is 1.86 bits per heavy atom. The Bertz CT molecular complexity index is 766. The topological polar surface area (TPSA) is 60.2 Å². The highest BCUT2D eigenvalue weighted by Gasteiger charge is 2.15. The molecule has 106 valence electrons. The number of ether oxygens (including phenoxy) is 1. The van der Waals surface area contributed by atoms with Crippen LogP contribution >= 0.6 is 0 Å². The van der Waals surface area contributed by atoms with Crippen molar-refractivity contribution in [2.24, 2.45) is 0 Å². The van der Waals surface area contributed by atoms with E-state index in [9.17, 15) is 5.11 Å². The fourth-order valence-corrected chi connectivity index (χ4v) is 2.17. The zero-order valence-corrected chi connectivity index (χ0v) is 11.8. The molecular weight excluding hydrogens is 266 g/mol. The number of methoxy groups -OCH3 is 1. The lowest BCUT2D eigenvalue weighted by Crippen LogP contribution is -1.99. The number of phenolic OH excluding ortho intramolecular Hbond substituents is 1. The Labute approximate surface area is 122 Å². The van der Waals surface area contributed by atoms with Gasteiger partial charge in [0.2, 0.25) is 0 Å². The maximum Gasteiger partial charge on any atom is 0.167 e. The zero-order valence-electron chi connectivity index (χ0n) is 11.8. The minimum absolute atomic E-state index is 0.110. The van der Waals surface area contributed by atoms with E-state index in [-0.39, 0.29) is 5.75 Å². The summed E-state index contributed by atoms with van der Waals surface area (Å²) in [5.41, 5.74) is 1.50. The van der Waals surface area contributed by atoms with E-state index in [1.807, 2.05) is 37.3 Å².